The lowest BCUT2D eigenvalue weighted by Crippen LogP contribution is -2.23. The average Bonchev–Trinajstić information content (AvgIpc) is 2.52. The van der Waals surface area contributed by atoms with Crippen molar-refractivity contribution in [2.75, 3.05) is 6.54 Å². The van der Waals surface area contributed by atoms with Crippen molar-refractivity contribution in [3.63, 3.8) is 0 Å². The van der Waals surface area contributed by atoms with Crippen molar-refractivity contribution in [2.24, 2.45) is 7.05 Å². The van der Waals surface area contributed by atoms with Crippen LogP contribution in [0.2, 0.25) is 0 Å². The van der Waals surface area contributed by atoms with Gasteiger partial charge in [0.05, 0.1) is 11.0 Å². The second-order valence-electron chi connectivity index (χ2n) is 4.05. The number of aromatic nitrogens is 2. The Kier molecular flexibility index (Phi) is 1.73. The molecule has 0 atom stereocenters. The highest BCUT2D eigenvalue weighted by Crippen LogP contribution is 2.20. The van der Waals surface area contributed by atoms with E-state index in [1.165, 1.54) is 11.1 Å². The van der Waals surface area contributed by atoms with Gasteiger partial charge in [0.1, 0.15) is 0 Å². The molecule has 2 N–H and O–H groups in total. The second kappa shape index (κ2) is 2.97. The third kappa shape index (κ3) is 1.22. The summed E-state index contributed by atoms with van der Waals surface area (Å²) in [5.41, 5.74) is 4.55. The topological polar surface area (TPSA) is 49.8 Å². The van der Waals surface area contributed by atoms with Gasteiger partial charge >= 0.3 is 5.69 Å². The maximum atomic E-state index is 11.4. The predicted molar refractivity (Wildman–Crippen MR) is 59.0 cm³/mol. The smallest absolute Gasteiger partial charge is 0.312 e. The Labute approximate surface area is 86.9 Å². The second-order valence-corrected chi connectivity index (χ2v) is 4.05. The predicted octanol–water partition coefficient (Wildman–Crippen LogP) is 0.512. The highest BCUT2D eigenvalue weighted by molar-refractivity contribution is 5.77. The lowest BCUT2D eigenvalue weighted by molar-refractivity contribution is 0.644. The molecular formula is C11H13N3O. The van der Waals surface area contributed by atoms with E-state index in [2.05, 4.69) is 22.4 Å². The van der Waals surface area contributed by atoms with Crippen LogP contribution in [0.1, 0.15) is 11.1 Å². The summed E-state index contributed by atoms with van der Waals surface area (Å²) in [5, 5.41) is 3.33. The Bertz CT molecular complexity index is 579. The Morgan fingerprint density at radius 1 is 1.33 bits per heavy atom. The number of fused-ring (bicyclic) bond motifs is 2. The molecule has 3 rings (SSSR count). The summed E-state index contributed by atoms with van der Waals surface area (Å²) >= 11 is 0. The molecule has 1 aliphatic heterocycles. The van der Waals surface area contributed by atoms with E-state index in [1.54, 1.807) is 11.6 Å². The van der Waals surface area contributed by atoms with Crippen molar-refractivity contribution in [1.82, 2.24) is 14.9 Å². The number of nitrogens with one attached hydrogen (secondary N) is 2. The van der Waals surface area contributed by atoms with E-state index in [-0.39, 0.29) is 5.69 Å². The number of hydrogen-bond acceptors (Lipinski definition) is 2. The molecule has 2 heterocycles. The fourth-order valence-electron chi connectivity index (χ4n) is 2.21. The lowest BCUT2D eigenvalue weighted by atomic mass is 10.0. The molecular weight excluding hydrogens is 190 g/mol. The van der Waals surface area contributed by atoms with Gasteiger partial charge in [0, 0.05) is 13.6 Å². The van der Waals surface area contributed by atoms with E-state index >= 15 is 0 Å². The first kappa shape index (κ1) is 8.73. The maximum absolute atomic E-state index is 11.4. The molecule has 1 aromatic carbocycles. The van der Waals surface area contributed by atoms with Crippen LogP contribution in [-0.2, 0) is 20.0 Å². The molecule has 0 saturated carbocycles. The standard InChI is InChI=1S/C11H13N3O/c1-14-10-5-8-6-12-3-2-7(8)4-9(10)13-11(14)15/h4-5,12H,2-3,6H2,1H3,(H,13,15). The average molecular weight is 203 g/mol. The zero-order valence-corrected chi connectivity index (χ0v) is 8.63. The maximum Gasteiger partial charge on any atom is 0.326 e. The van der Waals surface area contributed by atoms with Gasteiger partial charge in [0.15, 0.2) is 0 Å². The first-order chi connectivity index (χ1) is 7.25. The highest BCUT2D eigenvalue weighted by Gasteiger charge is 2.12. The van der Waals surface area contributed by atoms with Crippen LogP contribution in [0.4, 0.5) is 0 Å². The van der Waals surface area contributed by atoms with Gasteiger partial charge in [-0.25, -0.2) is 4.79 Å². The molecule has 0 spiro atoms. The molecule has 2 aromatic rings. The van der Waals surface area contributed by atoms with Crippen molar-refractivity contribution in [2.45, 2.75) is 13.0 Å². The normalized spacial score (nSPS) is 15.5. The monoisotopic (exact) mass is 203 g/mol. The Morgan fingerprint density at radius 3 is 3.07 bits per heavy atom. The van der Waals surface area contributed by atoms with Gasteiger partial charge in [0.2, 0.25) is 0 Å². The first-order valence-corrected chi connectivity index (χ1v) is 5.17. The molecule has 1 aliphatic rings. The van der Waals surface area contributed by atoms with Gasteiger partial charge in [-0.05, 0) is 36.2 Å². The Hall–Kier alpha value is -1.55. The van der Waals surface area contributed by atoms with Crippen LogP contribution in [0, 0.1) is 0 Å². The molecule has 4 heteroatoms. The van der Waals surface area contributed by atoms with E-state index in [0.29, 0.717) is 0 Å². The van der Waals surface area contributed by atoms with Gasteiger partial charge in [-0.3, -0.25) is 4.57 Å². The van der Waals surface area contributed by atoms with Crippen LogP contribution in [0.15, 0.2) is 16.9 Å². The van der Waals surface area contributed by atoms with E-state index in [4.69, 9.17) is 0 Å². The van der Waals surface area contributed by atoms with Gasteiger partial charge < -0.3 is 10.3 Å². The number of aromatic amines is 1. The molecule has 0 saturated heterocycles. The molecule has 78 valence electrons. The summed E-state index contributed by atoms with van der Waals surface area (Å²) in [6.07, 6.45) is 1.04. The highest BCUT2D eigenvalue weighted by atomic mass is 16.1. The van der Waals surface area contributed by atoms with E-state index in [0.717, 1.165) is 30.5 Å². The molecule has 0 aliphatic carbocycles. The van der Waals surface area contributed by atoms with Gasteiger partial charge in [-0.15, -0.1) is 0 Å². The van der Waals surface area contributed by atoms with Crippen LogP contribution in [0.5, 0.6) is 0 Å². The van der Waals surface area contributed by atoms with Crippen LogP contribution in [0.25, 0.3) is 11.0 Å². The number of rotatable bonds is 0. The van der Waals surface area contributed by atoms with Crippen LogP contribution >= 0.6 is 0 Å². The van der Waals surface area contributed by atoms with Crippen molar-refractivity contribution in [1.29, 1.82) is 0 Å². The lowest BCUT2D eigenvalue weighted by Gasteiger charge is -2.16. The number of aryl methyl sites for hydroxylation is 1. The van der Waals surface area contributed by atoms with Crippen LogP contribution in [0.3, 0.4) is 0 Å². The van der Waals surface area contributed by atoms with Gasteiger partial charge in [-0.1, -0.05) is 0 Å². The summed E-state index contributed by atoms with van der Waals surface area (Å²) in [5.74, 6) is 0. The largest absolute Gasteiger partial charge is 0.326 e. The van der Waals surface area contributed by atoms with E-state index in [1.807, 2.05) is 0 Å². The Morgan fingerprint density at radius 2 is 2.20 bits per heavy atom. The molecule has 4 nitrogen and oxygen atoms in total. The summed E-state index contributed by atoms with van der Waals surface area (Å²) in [6.45, 7) is 1.93. The zero-order valence-electron chi connectivity index (χ0n) is 8.63. The van der Waals surface area contributed by atoms with Crippen molar-refractivity contribution >= 4 is 11.0 Å². The minimum Gasteiger partial charge on any atom is -0.312 e. The number of imidazole rings is 1. The fourth-order valence-corrected chi connectivity index (χ4v) is 2.21. The number of hydrogen-bond donors (Lipinski definition) is 2. The van der Waals surface area contributed by atoms with Crippen LogP contribution in [-0.4, -0.2) is 16.1 Å². The van der Waals surface area contributed by atoms with Gasteiger partial charge in [-0.2, -0.15) is 0 Å². The summed E-state index contributed by atoms with van der Waals surface area (Å²) < 4.78 is 1.66. The molecule has 0 amide bonds. The minimum absolute atomic E-state index is 0.0414. The molecule has 0 bridgehead atoms. The number of benzene rings is 1. The van der Waals surface area contributed by atoms with Crippen LogP contribution < -0.4 is 11.0 Å². The molecule has 15 heavy (non-hydrogen) atoms. The first-order valence-electron chi connectivity index (χ1n) is 5.17. The molecule has 0 unspecified atom stereocenters. The molecule has 0 radical (unpaired) electrons. The van der Waals surface area contributed by atoms with E-state index < -0.39 is 0 Å². The fraction of sp³-hybridized carbons (Fsp3) is 0.364. The third-order valence-corrected chi connectivity index (χ3v) is 3.11. The summed E-state index contributed by atoms with van der Waals surface area (Å²) in [6, 6.07) is 4.21. The van der Waals surface area contributed by atoms with Crippen molar-refractivity contribution in [3.8, 4) is 0 Å². The number of H-pyrrole nitrogens is 1. The van der Waals surface area contributed by atoms with Crippen molar-refractivity contribution in [3.05, 3.63) is 33.7 Å². The SMILES string of the molecule is Cn1c(=O)[nH]c2cc3c(cc21)CNCC3. The number of nitrogens with zero attached hydrogens (tertiary/aromatic N) is 1. The molecule has 1 aromatic heterocycles. The third-order valence-electron chi connectivity index (χ3n) is 3.11. The minimum atomic E-state index is -0.0414. The molecule has 0 fully saturated rings. The van der Waals surface area contributed by atoms with Crippen molar-refractivity contribution < 1.29 is 0 Å². The summed E-state index contributed by atoms with van der Waals surface area (Å²) in [4.78, 5) is 14.3. The Balaban J connectivity index is 2.35. The van der Waals surface area contributed by atoms with Gasteiger partial charge in [0.25, 0.3) is 0 Å². The zero-order chi connectivity index (χ0) is 10.4. The quantitative estimate of drug-likeness (QED) is 0.655. The van der Waals surface area contributed by atoms with E-state index in [9.17, 15) is 4.79 Å². The summed E-state index contributed by atoms with van der Waals surface area (Å²) in [7, 11) is 1.80.